The minimum Gasteiger partial charge on any atom is -0.493 e. The van der Waals surface area contributed by atoms with Gasteiger partial charge in [-0.3, -0.25) is 5.10 Å². The number of ether oxygens (including phenoxy) is 2. The maximum absolute atomic E-state index is 10.9. The average Bonchev–Trinajstić information content (AvgIpc) is 2.80. The third-order valence-corrected chi connectivity index (χ3v) is 2.67. The molecule has 0 aliphatic rings. The number of rotatable bonds is 4. The molecule has 0 aliphatic carbocycles. The molecule has 0 saturated heterocycles. The van der Waals surface area contributed by atoms with E-state index in [1.807, 2.05) is 0 Å². The van der Waals surface area contributed by atoms with E-state index >= 15 is 0 Å². The minimum atomic E-state index is -1.16. The fourth-order valence-electron chi connectivity index (χ4n) is 1.72. The minimum absolute atomic E-state index is 0.0831. The topological polar surface area (TPSA) is 110 Å². The summed E-state index contributed by atoms with van der Waals surface area (Å²) in [5.74, 6) is -0.0742. The molecular weight excluding hydrogens is 250 g/mol. The van der Waals surface area contributed by atoms with E-state index < -0.39 is 5.97 Å². The summed E-state index contributed by atoms with van der Waals surface area (Å²) < 4.78 is 10.3. The number of carboxylic acids is 1. The van der Waals surface area contributed by atoms with Gasteiger partial charge in [0.05, 0.1) is 19.9 Å². The van der Waals surface area contributed by atoms with Crippen LogP contribution in [0.4, 0.5) is 5.69 Å². The lowest BCUT2D eigenvalue weighted by molar-refractivity contribution is 0.0691. The van der Waals surface area contributed by atoms with E-state index in [2.05, 4.69) is 10.2 Å². The number of aromatic nitrogens is 2. The van der Waals surface area contributed by atoms with E-state index in [0.29, 0.717) is 22.8 Å². The van der Waals surface area contributed by atoms with Crippen LogP contribution in [0.15, 0.2) is 18.2 Å². The molecule has 0 bridgehead atoms. The Morgan fingerprint density at radius 1 is 1.32 bits per heavy atom. The first-order valence-corrected chi connectivity index (χ1v) is 5.38. The third kappa shape index (κ3) is 2.17. The van der Waals surface area contributed by atoms with Gasteiger partial charge in [-0.25, -0.2) is 4.79 Å². The molecule has 1 aromatic heterocycles. The summed E-state index contributed by atoms with van der Waals surface area (Å²) >= 11 is 0. The zero-order valence-electron chi connectivity index (χ0n) is 10.4. The number of methoxy groups -OCH3 is 2. The van der Waals surface area contributed by atoms with E-state index in [1.165, 1.54) is 14.2 Å². The molecule has 0 unspecified atom stereocenters. The van der Waals surface area contributed by atoms with Gasteiger partial charge in [0, 0.05) is 5.56 Å². The molecule has 0 radical (unpaired) electrons. The number of H-pyrrole nitrogens is 1. The molecule has 0 amide bonds. The van der Waals surface area contributed by atoms with Gasteiger partial charge in [0.1, 0.15) is 5.69 Å². The number of nitrogens with two attached hydrogens (primary N) is 1. The van der Waals surface area contributed by atoms with Crippen molar-refractivity contribution in [2.24, 2.45) is 0 Å². The van der Waals surface area contributed by atoms with Crippen LogP contribution in [0.1, 0.15) is 10.5 Å². The summed E-state index contributed by atoms with van der Waals surface area (Å²) in [5.41, 5.74) is 6.70. The summed E-state index contributed by atoms with van der Waals surface area (Å²) in [4.78, 5) is 10.9. The van der Waals surface area contributed by atoms with E-state index in [1.54, 1.807) is 18.2 Å². The van der Waals surface area contributed by atoms with Crippen LogP contribution >= 0.6 is 0 Å². The first kappa shape index (κ1) is 12.7. The second-order valence-electron chi connectivity index (χ2n) is 3.74. The van der Waals surface area contributed by atoms with Crippen molar-refractivity contribution < 1.29 is 19.4 Å². The van der Waals surface area contributed by atoms with Gasteiger partial charge in [-0.05, 0) is 18.2 Å². The lowest BCUT2D eigenvalue weighted by Crippen LogP contribution is -2.01. The lowest BCUT2D eigenvalue weighted by Gasteiger charge is -2.08. The number of benzene rings is 1. The van der Waals surface area contributed by atoms with Crippen molar-refractivity contribution in [3.8, 4) is 22.8 Å². The van der Waals surface area contributed by atoms with Crippen LogP contribution < -0.4 is 15.2 Å². The standard InChI is InChI=1S/C12H13N3O4/c1-18-7-4-3-6(5-8(7)19-2)10-9(13)11(12(16)17)15-14-10/h3-5H,13H2,1-2H3,(H,14,15)(H,16,17). The molecule has 0 aliphatic heterocycles. The summed E-state index contributed by atoms with van der Waals surface area (Å²) in [7, 11) is 3.04. The number of nitrogen functional groups attached to an aromatic ring is 1. The third-order valence-electron chi connectivity index (χ3n) is 2.67. The molecule has 0 saturated carbocycles. The van der Waals surface area contributed by atoms with E-state index in [-0.39, 0.29) is 11.4 Å². The van der Waals surface area contributed by atoms with Crippen LogP contribution in [0, 0.1) is 0 Å². The lowest BCUT2D eigenvalue weighted by atomic mass is 10.1. The maximum atomic E-state index is 10.9. The van der Waals surface area contributed by atoms with Crippen molar-refractivity contribution >= 4 is 11.7 Å². The first-order valence-electron chi connectivity index (χ1n) is 5.38. The Morgan fingerprint density at radius 3 is 2.53 bits per heavy atom. The SMILES string of the molecule is COc1ccc(-c2n[nH]c(C(=O)O)c2N)cc1OC. The van der Waals surface area contributed by atoms with E-state index in [9.17, 15) is 4.79 Å². The number of nitrogens with one attached hydrogen (secondary N) is 1. The average molecular weight is 263 g/mol. The smallest absolute Gasteiger partial charge is 0.356 e. The highest BCUT2D eigenvalue weighted by molar-refractivity contribution is 5.95. The maximum Gasteiger partial charge on any atom is 0.356 e. The van der Waals surface area contributed by atoms with Crippen molar-refractivity contribution in [3.63, 3.8) is 0 Å². The highest BCUT2D eigenvalue weighted by atomic mass is 16.5. The fraction of sp³-hybridized carbons (Fsp3) is 0.167. The highest BCUT2D eigenvalue weighted by Gasteiger charge is 2.18. The van der Waals surface area contributed by atoms with E-state index in [4.69, 9.17) is 20.3 Å². The van der Waals surface area contributed by atoms with Gasteiger partial charge in [0.15, 0.2) is 17.2 Å². The van der Waals surface area contributed by atoms with Gasteiger partial charge >= 0.3 is 5.97 Å². The zero-order chi connectivity index (χ0) is 14.0. The van der Waals surface area contributed by atoms with Crippen LogP contribution in [-0.2, 0) is 0 Å². The molecule has 0 atom stereocenters. The molecule has 7 heteroatoms. The summed E-state index contributed by atoms with van der Waals surface area (Å²) in [5, 5.41) is 15.2. The normalized spacial score (nSPS) is 10.2. The molecule has 1 aromatic carbocycles. The van der Waals surface area contributed by atoms with Crippen molar-refractivity contribution in [2.45, 2.75) is 0 Å². The van der Waals surface area contributed by atoms with Crippen LogP contribution in [0.2, 0.25) is 0 Å². The molecule has 2 aromatic rings. The Hall–Kier alpha value is -2.70. The van der Waals surface area contributed by atoms with Crippen LogP contribution in [0.25, 0.3) is 11.3 Å². The number of aromatic amines is 1. The van der Waals surface area contributed by atoms with Gasteiger partial charge in [-0.1, -0.05) is 0 Å². The van der Waals surface area contributed by atoms with Crippen molar-refractivity contribution in [2.75, 3.05) is 20.0 Å². The predicted molar refractivity (Wildman–Crippen MR) is 68.5 cm³/mol. The Morgan fingerprint density at radius 2 is 2.00 bits per heavy atom. The Balaban J connectivity index is 2.50. The number of aromatic carboxylic acids is 1. The second kappa shape index (κ2) is 4.89. The largest absolute Gasteiger partial charge is 0.493 e. The molecule has 0 spiro atoms. The summed E-state index contributed by atoms with van der Waals surface area (Å²) in [6, 6.07) is 5.10. The van der Waals surface area contributed by atoms with Gasteiger partial charge in [0.2, 0.25) is 0 Å². The predicted octanol–water partition coefficient (Wildman–Crippen LogP) is 1.37. The number of anilines is 1. The molecule has 100 valence electrons. The fourth-order valence-corrected chi connectivity index (χ4v) is 1.72. The molecule has 7 nitrogen and oxygen atoms in total. The number of nitrogens with zero attached hydrogens (tertiary/aromatic N) is 1. The molecular formula is C12H13N3O4. The van der Waals surface area contributed by atoms with Crippen LogP contribution in [-0.4, -0.2) is 35.5 Å². The quantitative estimate of drug-likeness (QED) is 0.768. The Kier molecular flexibility index (Phi) is 3.28. The number of carboxylic acid groups (broad SMARTS) is 1. The van der Waals surface area contributed by atoms with Crippen molar-refractivity contribution in [3.05, 3.63) is 23.9 Å². The summed E-state index contributed by atoms with van der Waals surface area (Å²) in [6.45, 7) is 0. The summed E-state index contributed by atoms with van der Waals surface area (Å²) in [6.07, 6.45) is 0. The van der Waals surface area contributed by atoms with E-state index in [0.717, 1.165) is 0 Å². The number of hydrogen-bond acceptors (Lipinski definition) is 5. The van der Waals surface area contributed by atoms with Gasteiger partial charge in [-0.15, -0.1) is 0 Å². The Labute approximate surface area is 109 Å². The van der Waals surface area contributed by atoms with Crippen molar-refractivity contribution in [1.29, 1.82) is 0 Å². The molecule has 2 rings (SSSR count). The number of hydrogen-bond donors (Lipinski definition) is 3. The van der Waals surface area contributed by atoms with Crippen LogP contribution in [0.3, 0.4) is 0 Å². The second-order valence-corrected chi connectivity index (χ2v) is 3.74. The van der Waals surface area contributed by atoms with Gasteiger partial charge in [0.25, 0.3) is 0 Å². The van der Waals surface area contributed by atoms with Gasteiger partial charge in [-0.2, -0.15) is 5.10 Å². The monoisotopic (exact) mass is 263 g/mol. The molecule has 0 fully saturated rings. The number of carbonyl (C=O) groups is 1. The Bertz CT molecular complexity index is 621. The van der Waals surface area contributed by atoms with Crippen LogP contribution in [0.5, 0.6) is 11.5 Å². The van der Waals surface area contributed by atoms with Crippen molar-refractivity contribution in [1.82, 2.24) is 10.2 Å². The molecule has 4 N–H and O–H groups in total. The first-order chi connectivity index (χ1) is 9.08. The zero-order valence-corrected chi connectivity index (χ0v) is 10.4. The highest BCUT2D eigenvalue weighted by Crippen LogP contribution is 2.34. The molecule has 19 heavy (non-hydrogen) atoms. The van der Waals surface area contributed by atoms with Gasteiger partial charge < -0.3 is 20.3 Å². The molecule has 1 heterocycles.